The van der Waals surface area contributed by atoms with Gasteiger partial charge in [0.2, 0.25) is 0 Å². The minimum atomic E-state index is -0.449. The van der Waals surface area contributed by atoms with Gasteiger partial charge in [-0.2, -0.15) is 5.26 Å². The Morgan fingerprint density at radius 3 is 2.53 bits per heavy atom. The number of H-pyrrole nitrogens is 1. The van der Waals surface area contributed by atoms with Crippen LogP contribution in [0.15, 0.2) is 53.3 Å². The van der Waals surface area contributed by atoms with Gasteiger partial charge in [-0.25, -0.2) is 0 Å². The van der Waals surface area contributed by atoms with Crippen molar-refractivity contribution in [2.24, 2.45) is 0 Å². The van der Waals surface area contributed by atoms with E-state index in [4.69, 9.17) is 17.3 Å². The fourth-order valence-electron chi connectivity index (χ4n) is 4.11. The van der Waals surface area contributed by atoms with Crippen molar-refractivity contribution < 1.29 is 5.11 Å². The van der Waals surface area contributed by atoms with Crippen LogP contribution in [0.4, 0.5) is 5.82 Å². The zero-order valence-electron chi connectivity index (χ0n) is 17.7. The van der Waals surface area contributed by atoms with Crippen LogP contribution in [0, 0.1) is 11.3 Å². The highest BCUT2D eigenvalue weighted by Crippen LogP contribution is 2.43. The summed E-state index contributed by atoms with van der Waals surface area (Å²) < 4.78 is 1.78. The van der Waals surface area contributed by atoms with Gasteiger partial charge in [0.05, 0.1) is 11.2 Å². The summed E-state index contributed by atoms with van der Waals surface area (Å²) in [7, 11) is 0. The molecule has 0 amide bonds. The number of aromatic hydroxyl groups is 1. The van der Waals surface area contributed by atoms with E-state index in [0.29, 0.717) is 39.3 Å². The highest BCUT2D eigenvalue weighted by Gasteiger charge is 2.28. The number of fused-ring (bicyclic) bond motifs is 1. The normalized spacial score (nSPS) is 11.0. The molecule has 0 radical (unpaired) electrons. The van der Waals surface area contributed by atoms with Crippen LogP contribution in [0.5, 0.6) is 5.75 Å². The SMILES string of the molecule is CCCCCn1c(N)c(C#N)c(-c2ccc(Cl)cc2)c1-c1c(O)c2ccccc2[nH]c1=O. The Hall–Kier alpha value is -3.69. The molecule has 0 saturated carbocycles. The lowest BCUT2D eigenvalue weighted by Gasteiger charge is -2.15. The molecule has 2 aromatic carbocycles. The van der Waals surface area contributed by atoms with Gasteiger partial charge in [-0.1, -0.05) is 55.6 Å². The molecule has 4 N–H and O–H groups in total. The molecule has 0 saturated heterocycles. The third-order valence-electron chi connectivity index (χ3n) is 5.66. The van der Waals surface area contributed by atoms with Crippen LogP contribution >= 0.6 is 11.6 Å². The van der Waals surface area contributed by atoms with Crippen LogP contribution in [0.3, 0.4) is 0 Å². The maximum Gasteiger partial charge on any atom is 0.261 e. The van der Waals surface area contributed by atoms with Crippen molar-refractivity contribution in [3.63, 3.8) is 0 Å². The predicted octanol–water partition coefficient (Wildman–Crippen LogP) is 5.67. The van der Waals surface area contributed by atoms with E-state index >= 15 is 0 Å². The predicted molar refractivity (Wildman–Crippen MR) is 129 cm³/mol. The molecule has 7 heteroatoms. The smallest absolute Gasteiger partial charge is 0.261 e. The fraction of sp³-hybridized carbons (Fsp3) is 0.200. The van der Waals surface area contributed by atoms with Gasteiger partial charge in [0.25, 0.3) is 5.56 Å². The Labute approximate surface area is 190 Å². The van der Waals surface area contributed by atoms with Gasteiger partial charge in [0.15, 0.2) is 0 Å². The molecule has 4 aromatic rings. The van der Waals surface area contributed by atoms with E-state index in [-0.39, 0.29) is 22.7 Å². The topological polar surface area (TPSA) is 108 Å². The maximum atomic E-state index is 13.2. The zero-order valence-corrected chi connectivity index (χ0v) is 18.4. The number of para-hydroxylation sites is 1. The summed E-state index contributed by atoms with van der Waals surface area (Å²) in [5, 5.41) is 22.2. The summed E-state index contributed by atoms with van der Waals surface area (Å²) in [6.07, 6.45) is 2.79. The monoisotopic (exact) mass is 446 g/mol. The molecule has 0 atom stereocenters. The van der Waals surface area contributed by atoms with Crippen LogP contribution in [0.25, 0.3) is 33.3 Å². The number of benzene rings is 2. The number of nitrogens with zero attached hydrogens (tertiary/aromatic N) is 2. The molecular weight excluding hydrogens is 424 g/mol. The van der Waals surface area contributed by atoms with Crippen molar-refractivity contribution in [3.8, 4) is 34.2 Å². The first kappa shape index (κ1) is 21.5. The number of nitrogen functional groups attached to an aromatic ring is 1. The highest BCUT2D eigenvalue weighted by atomic mass is 35.5. The number of hydrogen-bond donors (Lipinski definition) is 3. The van der Waals surface area contributed by atoms with E-state index in [1.54, 1.807) is 53.1 Å². The summed E-state index contributed by atoms with van der Waals surface area (Å²) in [5.41, 5.74) is 8.51. The van der Waals surface area contributed by atoms with Gasteiger partial charge in [-0.05, 0) is 36.2 Å². The van der Waals surface area contributed by atoms with Gasteiger partial charge in [0, 0.05) is 22.5 Å². The van der Waals surface area contributed by atoms with Crippen LogP contribution in [-0.2, 0) is 6.54 Å². The van der Waals surface area contributed by atoms with Crippen molar-refractivity contribution in [2.45, 2.75) is 32.7 Å². The van der Waals surface area contributed by atoms with Crippen molar-refractivity contribution in [1.82, 2.24) is 9.55 Å². The number of hydrogen-bond acceptors (Lipinski definition) is 4. The second-order valence-electron chi connectivity index (χ2n) is 7.68. The molecule has 4 rings (SSSR count). The summed E-state index contributed by atoms with van der Waals surface area (Å²) in [4.78, 5) is 16.1. The van der Waals surface area contributed by atoms with Gasteiger partial charge >= 0.3 is 0 Å². The van der Waals surface area contributed by atoms with Crippen molar-refractivity contribution >= 4 is 28.3 Å². The fourth-order valence-corrected chi connectivity index (χ4v) is 4.23. The number of nitrogens with one attached hydrogen (secondary N) is 1. The van der Waals surface area contributed by atoms with Crippen LogP contribution in [-0.4, -0.2) is 14.7 Å². The number of pyridine rings is 1. The van der Waals surface area contributed by atoms with Gasteiger partial charge in [-0.15, -0.1) is 0 Å². The first-order valence-electron chi connectivity index (χ1n) is 10.5. The Bertz CT molecular complexity index is 1390. The summed E-state index contributed by atoms with van der Waals surface area (Å²) in [6.45, 7) is 2.61. The summed E-state index contributed by atoms with van der Waals surface area (Å²) in [5.74, 6) is 0.133. The van der Waals surface area contributed by atoms with E-state index in [2.05, 4.69) is 18.0 Å². The van der Waals surface area contributed by atoms with E-state index in [9.17, 15) is 15.2 Å². The van der Waals surface area contributed by atoms with E-state index in [1.165, 1.54) is 0 Å². The average Bonchev–Trinajstić information content (AvgIpc) is 3.06. The van der Waals surface area contributed by atoms with Crippen molar-refractivity contribution in [3.05, 3.63) is 69.5 Å². The number of aromatic nitrogens is 2. The van der Waals surface area contributed by atoms with E-state index < -0.39 is 5.56 Å². The highest BCUT2D eigenvalue weighted by molar-refractivity contribution is 6.30. The van der Waals surface area contributed by atoms with Crippen LogP contribution in [0.1, 0.15) is 31.7 Å². The number of halogens is 1. The quantitative estimate of drug-likeness (QED) is 0.332. The van der Waals surface area contributed by atoms with Crippen molar-refractivity contribution in [2.75, 3.05) is 5.73 Å². The van der Waals surface area contributed by atoms with Crippen LogP contribution < -0.4 is 11.3 Å². The van der Waals surface area contributed by atoms with E-state index in [1.807, 2.05) is 0 Å². The molecule has 0 spiro atoms. The minimum Gasteiger partial charge on any atom is -0.506 e. The Kier molecular flexibility index (Phi) is 5.93. The third-order valence-corrected chi connectivity index (χ3v) is 5.92. The minimum absolute atomic E-state index is 0.0957. The lowest BCUT2D eigenvalue weighted by atomic mass is 9.97. The molecule has 0 bridgehead atoms. The first-order valence-corrected chi connectivity index (χ1v) is 10.9. The Morgan fingerprint density at radius 1 is 1.12 bits per heavy atom. The van der Waals surface area contributed by atoms with Gasteiger partial charge in [0.1, 0.15) is 28.8 Å². The first-order chi connectivity index (χ1) is 15.5. The Balaban J connectivity index is 2.11. The van der Waals surface area contributed by atoms with E-state index in [0.717, 1.165) is 19.3 Å². The molecule has 162 valence electrons. The molecule has 0 unspecified atom stereocenters. The van der Waals surface area contributed by atoms with Gasteiger partial charge < -0.3 is 20.4 Å². The third kappa shape index (κ3) is 3.61. The average molecular weight is 447 g/mol. The molecule has 0 aliphatic carbocycles. The summed E-state index contributed by atoms with van der Waals surface area (Å²) >= 11 is 6.08. The maximum absolute atomic E-state index is 13.2. The van der Waals surface area contributed by atoms with Crippen LogP contribution in [0.2, 0.25) is 5.02 Å². The Morgan fingerprint density at radius 2 is 1.84 bits per heavy atom. The lowest BCUT2D eigenvalue weighted by molar-refractivity contribution is 0.481. The molecule has 32 heavy (non-hydrogen) atoms. The molecule has 0 aliphatic rings. The summed E-state index contributed by atoms with van der Waals surface area (Å²) in [6, 6.07) is 16.3. The second-order valence-corrected chi connectivity index (χ2v) is 8.12. The van der Waals surface area contributed by atoms with Gasteiger partial charge in [-0.3, -0.25) is 4.79 Å². The largest absolute Gasteiger partial charge is 0.506 e. The number of unbranched alkanes of at least 4 members (excludes halogenated alkanes) is 2. The number of nitriles is 1. The molecule has 0 aliphatic heterocycles. The lowest BCUT2D eigenvalue weighted by Crippen LogP contribution is -2.14. The molecule has 6 nitrogen and oxygen atoms in total. The zero-order chi connectivity index (χ0) is 22.8. The number of nitrogens with two attached hydrogens (primary N) is 1. The second kappa shape index (κ2) is 8.81. The molecule has 2 heterocycles. The number of anilines is 1. The number of rotatable bonds is 6. The number of aromatic amines is 1. The van der Waals surface area contributed by atoms with Crippen molar-refractivity contribution in [1.29, 1.82) is 5.26 Å². The standard InChI is InChI=1S/C25H23ClN4O2/c1-2-3-6-13-30-22(21-23(31)17-7-4-5-8-19(17)29-25(21)32)20(18(14-27)24(30)28)15-9-11-16(26)12-10-15/h4-5,7-12H,2-3,6,13,28H2,1H3,(H2,29,31,32). The molecule has 2 aromatic heterocycles. The molecular formula is C25H23ClN4O2. The molecule has 0 fully saturated rings.